The monoisotopic (exact) mass is 527 g/mol. The van der Waals surface area contributed by atoms with Crippen molar-refractivity contribution < 1.29 is 9.13 Å². The molecule has 0 aliphatic rings. The molecule has 2 aromatic carbocycles. The van der Waals surface area contributed by atoms with Crippen LogP contribution in [0.5, 0.6) is 0 Å². The second-order valence-electron chi connectivity index (χ2n) is 12.1. The van der Waals surface area contributed by atoms with Crippen molar-refractivity contribution in [1.29, 1.82) is 0 Å². The molecule has 4 aromatic rings. The Morgan fingerprint density at radius 1 is 0.564 bits per heavy atom. The summed E-state index contributed by atoms with van der Waals surface area (Å²) >= 11 is 0. The van der Waals surface area contributed by atoms with Gasteiger partial charge in [-0.15, -0.1) is 0 Å². The Morgan fingerprint density at radius 2 is 0.897 bits per heavy atom. The quantitative estimate of drug-likeness (QED) is 0.163. The second-order valence-corrected chi connectivity index (χ2v) is 12.1. The molecule has 208 valence electrons. The molecule has 5 nitrogen and oxygen atoms in total. The van der Waals surface area contributed by atoms with E-state index in [9.17, 15) is 0 Å². The summed E-state index contributed by atoms with van der Waals surface area (Å²) in [6, 6.07) is 13.5. The highest BCUT2D eigenvalue weighted by Crippen LogP contribution is 2.31. The molecule has 0 amide bonds. The van der Waals surface area contributed by atoms with Crippen LogP contribution in [-0.4, -0.2) is 22.2 Å². The first-order valence-corrected chi connectivity index (χ1v) is 14.8. The number of hydrogen-bond acceptors (Lipinski definition) is 1. The van der Waals surface area contributed by atoms with Gasteiger partial charge in [0.2, 0.25) is 12.7 Å². The third kappa shape index (κ3) is 6.70. The summed E-state index contributed by atoms with van der Waals surface area (Å²) in [6.07, 6.45) is 13.3. The first-order chi connectivity index (χ1) is 18.7. The van der Waals surface area contributed by atoms with Crippen LogP contribution in [0.2, 0.25) is 0 Å². The molecule has 5 heteroatoms. The molecular weight excluding hydrogens is 478 g/mol. The van der Waals surface area contributed by atoms with Crippen molar-refractivity contribution in [3.63, 3.8) is 0 Å². The fraction of sp³-hybridized carbons (Fsp3) is 0.471. The van der Waals surface area contributed by atoms with Crippen molar-refractivity contribution in [3.05, 3.63) is 96.1 Å². The maximum absolute atomic E-state index is 3.64. The molecule has 0 fully saturated rings. The average Bonchev–Trinajstić information content (AvgIpc) is 3.57. The number of nitrogens with zero attached hydrogens (tertiary/aromatic N) is 4. The number of hydrogen-bond donors (Lipinski definition) is 1. The van der Waals surface area contributed by atoms with Crippen LogP contribution in [0.1, 0.15) is 101 Å². The van der Waals surface area contributed by atoms with Crippen LogP contribution in [0.3, 0.4) is 0 Å². The van der Waals surface area contributed by atoms with Crippen molar-refractivity contribution in [2.45, 2.75) is 92.2 Å². The van der Waals surface area contributed by atoms with E-state index < -0.39 is 0 Å². The van der Waals surface area contributed by atoms with Crippen LogP contribution in [-0.2, 0) is 13.1 Å². The van der Waals surface area contributed by atoms with Gasteiger partial charge in [-0.1, -0.05) is 91.8 Å². The second kappa shape index (κ2) is 12.8. The third-order valence-electron chi connectivity index (χ3n) is 7.68. The molecule has 0 saturated carbocycles. The summed E-state index contributed by atoms with van der Waals surface area (Å²) in [5.41, 5.74) is 8.31. The summed E-state index contributed by atoms with van der Waals surface area (Å²) in [7, 11) is 0. The standard InChI is InChI=1S/C34H49N5/c1-25(2)29-11-9-12-30(26(3)4)33(29)38-21-19-36(23-38)17-15-35-16-18-37-20-22-39(24-37)34-31(27(5)6)13-10-14-32(34)28(7)8/h9-14,19-28,35H,15-18H2,1-8H3/q+2. The van der Waals surface area contributed by atoms with E-state index in [1.807, 2.05) is 0 Å². The summed E-state index contributed by atoms with van der Waals surface area (Å²) in [5.74, 6) is 1.94. The van der Waals surface area contributed by atoms with E-state index in [1.54, 1.807) is 0 Å². The predicted octanol–water partition coefficient (Wildman–Crippen LogP) is 6.63. The molecule has 0 radical (unpaired) electrons. The van der Waals surface area contributed by atoms with Gasteiger partial charge in [-0.3, -0.25) is 0 Å². The minimum absolute atomic E-state index is 0.486. The summed E-state index contributed by atoms with van der Waals surface area (Å²) in [6.45, 7) is 22.0. The number of para-hydroxylation sites is 2. The van der Waals surface area contributed by atoms with Crippen molar-refractivity contribution in [3.8, 4) is 11.4 Å². The van der Waals surface area contributed by atoms with E-state index >= 15 is 0 Å². The van der Waals surface area contributed by atoms with E-state index in [2.05, 4.69) is 153 Å². The van der Waals surface area contributed by atoms with Gasteiger partial charge in [0, 0.05) is 35.3 Å². The SMILES string of the molecule is CC(C)c1cccc(C(C)C)c1-n1cc[n+](CCNCC[n+]2ccn(-c3c(C(C)C)cccc3C(C)C)c2)c1. The topological polar surface area (TPSA) is 29.6 Å². The zero-order valence-corrected chi connectivity index (χ0v) is 25.4. The highest BCUT2D eigenvalue weighted by atomic mass is 15.1. The van der Waals surface area contributed by atoms with Gasteiger partial charge in [-0.05, 0) is 23.7 Å². The van der Waals surface area contributed by atoms with E-state index in [1.165, 1.54) is 33.6 Å². The van der Waals surface area contributed by atoms with E-state index in [0.29, 0.717) is 23.7 Å². The van der Waals surface area contributed by atoms with Gasteiger partial charge < -0.3 is 5.32 Å². The minimum Gasteiger partial charge on any atom is -0.309 e. The van der Waals surface area contributed by atoms with Crippen molar-refractivity contribution >= 4 is 0 Å². The summed E-state index contributed by atoms with van der Waals surface area (Å²) in [5, 5.41) is 3.64. The zero-order valence-electron chi connectivity index (χ0n) is 25.4. The molecule has 0 atom stereocenters. The molecule has 0 saturated heterocycles. The minimum atomic E-state index is 0.486. The number of nitrogens with one attached hydrogen (secondary N) is 1. The smallest absolute Gasteiger partial charge is 0.249 e. The molecule has 0 unspecified atom stereocenters. The van der Waals surface area contributed by atoms with Crippen LogP contribution in [0, 0.1) is 0 Å². The fourth-order valence-electron chi connectivity index (χ4n) is 5.48. The van der Waals surface area contributed by atoms with Crippen LogP contribution < -0.4 is 14.5 Å². The Kier molecular flexibility index (Phi) is 9.45. The fourth-order valence-corrected chi connectivity index (χ4v) is 5.48. The molecule has 2 heterocycles. The largest absolute Gasteiger partial charge is 0.309 e. The highest BCUT2D eigenvalue weighted by molar-refractivity contribution is 5.51. The zero-order chi connectivity index (χ0) is 28.1. The normalized spacial score (nSPS) is 12.0. The molecular formula is C34H49N5+2. The van der Waals surface area contributed by atoms with Gasteiger partial charge in [0.25, 0.3) is 0 Å². The van der Waals surface area contributed by atoms with Gasteiger partial charge in [0.05, 0.1) is 0 Å². The van der Waals surface area contributed by atoms with Gasteiger partial charge in [0.15, 0.2) is 0 Å². The van der Waals surface area contributed by atoms with Crippen molar-refractivity contribution in [1.82, 2.24) is 14.5 Å². The molecule has 0 spiro atoms. The average molecular weight is 528 g/mol. The number of rotatable bonds is 12. The molecule has 39 heavy (non-hydrogen) atoms. The van der Waals surface area contributed by atoms with E-state index in [-0.39, 0.29) is 0 Å². The summed E-state index contributed by atoms with van der Waals surface area (Å²) in [4.78, 5) is 0. The van der Waals surface area contributed by atoms with Gasteiger partial charge in [-0.25, -0.2) is 18.3 Å². The molecule has 0 aliphatic heterocycles. The van der Waals surface area contributed by atoms with Gasteiger partial charge >= 0.3 is 0 Å². The molecule has 2 aromatic heterocycles. The van der Waals surface area contributed by atoms with Crippen LogP contribution in [0.25, 0.3) is 11.4 Å². The van der Waals surface area contributed by atoms with E-state index in [0.717, 1.165) is 26.2 Å². The number of aromatic nitrogens is 4. The lowest BCUT2D eigenvalue weighted by Gasteiger charge is -2.16. The Balaban J connectivity index is 1.36. The molecule has 1 N–H and O–H groups in total. The van der Waals surface area contributed by atoms with Crippen LogP contribution >= 0.6 is 0 Å². The maximum Gasteiger partial charge on any atom is 0.249 e. The maximum atomic E-state index is 3.64. The van der Waals surface area contributed by atoms with Crippen molar-refractivity contribution in [2.75, 3.05) is 13.1 Å². The predicted molar refractivity (Wildman–Crippen MR) is 161 cm³/mol. The molecule has 0 bridgehead atoms. The van der Waals surface area contributed by atoms with Crippen molar-refractivity contribution in [2.24, 2.45) is 0 Å². The first kappa shape index (κ1) is 28.8. The Labute approximate surface area is 236 Å². The summed E-state index contributed by atoms with van der Waals surface area (Å²) < 4.78 is 9.19. The first-order valence-electron chi connectivity index (χ1n) is 14.8. The van der Waals surface area contributed by atoms with Gasteiger partial charge in [0.1, 0.15) is 49.3 Å². The highest BCUT2D eigenvalue weighted by Gasteiger charge is 2.21. The number of imidazole rings is 2. The Bertz CT molecular complexity index is 1200. The lowest BCUT2D eigenvalue weighted by Crippen LogP contribution is -2.41. The molecule has 4 rings (SSSR count). The Hall–Kier alpha value is -3.18. The molecule has 0 aliphatic carbocycles. The Morgan fingerprint density at radius 3 is 1.21 bits per heavy atom. The van der Waals surface area contributed by atoms with E-state index in [4.69, 9.17) is 0 Å². The van der Waals surface area contributed by atoms with Crippen LogP contribution in [0.4, 0.5) is 0 Å². The van der Waals surface area contributed by atoms with Crippen LogP contribution in [0.15, 0.2) is 73.8 Å². The van der Waals surface area contributed by atoms with Gasteiger partial charge in [-0.2, -0.15) is 0 Å². The number of benzene rings is 2. The third-order valence-corrected chi connectivity index (χ3v) is 7.68. The lowest BCUT2D eigenvalue weighted by molar-refractivity contribution is -0.697. The lowest BCUT2D eigenvalue weighted by atomic mass is 9.92.